The molecule has 29 heavy (non-hydrogen) atoms. The molecule has 0 heterocycles. The van der Waals surface area contributed by atoms with E-state index in [0.29, 0.717) is 41.3 Å². The summed E-state index contributed by atoms with van der Waals surface area (Å²) < 4.78 is 27.1. The Kier molecular flexibility index (Phi) is 7.86. The van der Waals surface area contributed by atoms with Crippen LogP contribution < -0.4 is 5.32 Å². The van der Waals surface area contributed by atoms with Crippen LogP contribution in [0.4, 0.5) is 5.69 Å². The number of carbonyl (C=O) groups is 1. The van der Waals surface area contributed by atoms with Crippen molar-refractivity contribution in [2.45, 2.75) is 52.4 Å². The zero-order valence-electron chi connectivity index (χ0n) is 17.7. The Bertz CT molecular complexity index is 999. The third kappa shape index (κ3) is 4.82. The van der Waals surface area contributed by atoms with Gasteiger partial charge in [0, 0.05) is 29.4 Å². The number of carbonyl (C=O) groups excluding carboxylic acids is 1. The first-order valence-electron chi connectivity index (χ1n) is 9.93. The molecule has 0 saturated heterocycles. The van der Waals surface area contributed by atoms with Gasteiger partial charge in [-0.15, -0.1) is 0 Å². The van der Waals surface area contributed by atoms with Crippen molar-refractivity contribution in [3.05, 3.63) is 57.6 Å². The summed E-state index contributed by atoms with van der Waals surface area (Å²) in [5, 5.41) is 3.59. The lowest BCUT2D eigenvalue weighted by Gasteiger charge is -2.20. The summed E-state index contributed by atoms with van der Waals surface area (Å²) in [7, 11) is -3.65. The monoisotopic (exact) mass is 436 g/mol. The number of nitrogens with one attached hydrogen (secondary N) is 1. The molecule has 0 fully saturated rings. The van der Waals surface area contributed by atoms with Crippen LogP contribution in [0.2, 0.25) is 5.02 Å². The van der Waals surface area contributed by atoms with Crippen LogP contribution in [0.25, 0.3) is 0 Å². The molecule has 0 aromatic heterocycles. The Balaban J connectivity index is 2.50. The highest BCUT2D eigenvalue weighted by Crippen LogP contribution is 2.30. The van der Waals surface area contributed by atoms with Crippen LogP contribution in [0.15, 0.2) is 35.2 Å². The minimum Gasteiger partial charge on any atom is -0.321 e. The summed E-state index contributed by atoms with van der Waals surface area (Å²) in [5.41, 5.74) is 3.62. The quantitative estimate of drug-likeness (QED) is 0.629. The van der Waals surface area contributed by atoms with Crippen molar-refractivity contribution in [1.82, 2.24) is 4.31 Å². The van der Waals surface area contributed by atoms with Gasteiger partial charge in [0.05, 0.1) is 4.90 Å². The molecule has 2 aromatic carbocycles. The first-order valence-corrected chi connectivity index (χ1v) is 11.7. The lowest BCUT2D eigenvalue weighted by atomic mass is 10.0. The van der Waals surface area contributed by atoms with Gasteiger partial charge >= 0.3 is 0 Å². The summed E-state index contributed by atoms with van der Waals surface area (Å²) in [4.78, 5) is 13.2. The van der Waals surface area contributed by atoms with Crippen LogP contribution in [-0.2, 0) is 22.9 Å². The van der Waals surface area contributed by atoms with Crippen molar-refractivity contribution in [3.63, 3.8) is 0 Å². The van der Waals surface area contributed by atoms with Gasteiger partial charge in [-0.3, -0.25) is 4.79 Å². The SMILES string of the molecule is CCc1ccc(Cl)c(CC)c1NC(=O)c1cc(S(=O)(=O)N(CC)CC)ccc1C. The highest BCUT2D eigenvalue weighted by molar-refractivity contribution is 7.89. The van der Waals surface area contributed by atoms with E-state index in [2.05, 4.69) is 5.32 Å². The molecule has 5 nitrogen and oxygen atoms in total. The van der Waals surface area contributed by atoms with Gasteiger partial charge in [0.2, 0.25) is 10.0 Å². The number of anilines is 1. The predicted molar refractivity (Wildman–Crippen MR) is 119 cm³/mol. The molecule has 0 radical (unpaired) electrons. The largest absolute Gasteiger partial charge is 0.321 e. The van der Waals surface area contributed by atoms with E-state index in [9.17, 15) is 13.2 Å². The van der Waals surface area contributed by atoms with Crippen LogP contribution in [-0.4, -0.2) is 31.7 Å². The Morgan fingerprint density at radius 3 is 2.24 bits per heavy atom. The fourth-order valence-electron chi connectivity index (χ4n) is 3.37. The maximum Gasteiger partial charge on any atom is 0.255 e. The fourth-order valence-corrected chi connectivity index (χ4v) is 5.14. The standard InChI is InChI=1S/C22H29ClN2O3S/c1-6-16-11-13-20(23)18(7-2)21(16)24-22(26)19-14-17(12-10-15(19)5)29(27,28)25(8-3)9-4/h10-14H,6-9H2,1-5H3,(H,24,26). The molecule has 0 aliphatic carbocycles. The first-order chi connectivity index (χ1) is 13.7. The van der Waals surface area contributed by atoms with E-state index in [1.807, 2.05) is 26.0 Å². The number of benzene rings is 2. The summed E-state index contributed by atoms with van der Waals surface area (Å²) in [5.74, 6) is -0.342. The lowest BCUT2D eigenvalue weighted by Crippen LogP contribution is -2.31. The van der Waals surface area contributed by atoms with Gasteiger partial charge < -0.3 is 5.32 Å². The van der Waals surface area contributed by atoms with Gasteiger partial charge in [-0.2, -0.15) is 4.31 Å². The topological polar surface area (TPSA) is 66.5 Å². The minimum atomic E-state index is -3.65. The number of aryl methyl sites for hydroxylation is 2. The van der Waals surface area contributed by atoms with Crippen LogP contribution >= 0.6 is 11.6 Å². The maximum atomic E-state index is 13.1. The molecule has 0 aliphatic heterocycles. The normalized spacial score (nSPS) is 11.7. The molecule has 7 heteroatoms. The van der Waals surface area contributed by atoms with Crippen molar-refractivity contribution >= 4 is 33.2 Å². The van der Waals surface area contributed by atoms with Crippen LogP contribution in [0.3, 0.4) is 0 Å². The second-order valence-corrected chi connectivity index (χ2v) is 9.13. The Morgan fingerprint density at radius 1 is 1.03 bits per heavy atom. The average molecular weight is 437 g/mol. The molecule has 0 atom stereocenters. The van der Waals surface area contributed by atoms with Crippen LogP contribution in [0.1, 0.15) is 54.7 Å². The number of amides is 1. The lowest BCUT2D eigenvalue weighted by molar-refractivity contribution is 0.102. The molecule has 158 valence electrons. The van der Waals surface area contributed by atoms with Crippen LogP contribution in [0.5, 0.6) is 0 Å². The zero-order chi connectivity index (χ0) is 21.8. The van der Waals surface area contributed by atoms with Gasteiger partial charge in [-0.25, -0.2) is 8.42 Å². The molecule has 2 rings (SSSR count). The third-order valence-corrected chi connectivity index (χ3v) is 7.51. The van der Waals surface area contributed by atoms with Gasteiger partial charge in [0.1, 0.15) is 0 Å². The molecule has 0 unspecified atom stereocenters. The van der Waals surface area contributed by atoms with Crippen LogP contribution in [0, 0.1) is 6.92 Å². The van der Waals surface area contributed by atoms with E-state index >= 15 is 0 Å². The third-order valence-electron chi connectivity index (χ3n) is 5.11. The number of rotatable bonds is 8. The van der Waals surface area contributed by atoms with Crippen molar-refractivity contribution in [3.8, 4) is 0 Å². The van der Waals surface area contributed by atoms with Crippen molar-refractivity contribution in [2.24, 2.45) is 0 Å². The molecular weight excluding hydrogens is 408 g/mol. The molecule has 0 saturated carbocycles. The van der Waals surface area contributed by atoms with Gasteiger partial charge in [0.25, 0.3) is 5.91 Å². The molecule has 2 aromatic rings. The molecular formula is C22H29ClN2O3S. The molecule has 1 N–H and O–H groups in total. The summed E-state index contributed by atoms with van der Waals surface area (Å²) >= 11 is 6.33. The molecule has 0 spiro atoms. The molecule has 1 amide bonds. The van der Waals surface area contributed by atoms with E-state index in [4.69, 9.17) is 11.6 Å². The minimum absolute atomic E-state index is 0.120. The highest BCUT2D eigenvalue weighted by Gasteiger charge is 2.24. The van der Waals surface area contributed by atoms with Gasteiger partial charge in [0.15, 0.2) is 0 Å². The van der Waals surface area contributed by atoms with E-state index in [-0.39, 0.29) is 10.8 Å². The number of hydrogen-bond acceptors (Lipinski definition) is 3. The average Bonchev–Trinajstić information content (AvgIpc) is 2.69. The van der Waals surface area contributed by atoms with E-state index in [1.165, 1.54) is 10.4 Å². The van der Waals surface area contributed by atoms with Gasteiger partial charge in [-0.1, -0.05) is 51.4 Å². The second kappa shape index (κ2) is 9.74. The van der Waals surface area contributed by atoms with Crippen molar-refractivity contribution in [2.75, 3.05) is 18.4 Å². The number of nitrogens with zero attached hydrogens (tertiary/aromatic N) is 1. The highest BCUT2D eigenvalue weighted by atomic mass is 35.5. The summed E-state index contributed by atoms with van der Waals surface area (Å²) in [6, 6.07) is 8.43. The van der Waals surface area contributed by atoms with E-state index in [0.717, 1.165) is 17.5 Å². The Labute approximate surface area is 179 Å². The van der Waals surface area contributed by atoms with Gasteiger partial charge in [-0.05, 0) is 54.7 Å². The number of sulfonamides is 1. The Hall–Kier alpha value is -1.89. The fraction of sp³-hybridized carbons (Fsp3) is 0.409. The molecule has 0 bridgehead atoms. The second-order valence-electron chi connectivity index (χ2n) is 6.79. The van der Waals surface area contributed by atoms with E-state index < -0.39 is 10.0 Å². The molecule has 0 aliphatic rings. The predicted octanol–water partition coefficient (Wildman–Crippen LogP) is 5.06. The van der Waals surface area contributed by atoms with E-state index in [1.54, 1.807) is 32.9 Å². The maximum absolute atomic E-state index is 13.1. The summed E-state index contributed by atoms with van der Waals surface area (Å²) in [6.45, 7) is 10.1. The number of halogens is 1. The van der Waals surface area contributed by atoms with Crippen molar-refractivity contribution < 1.29 is 13.2 Å². The Morgan fingerprint density at radius 2 is 1.69 bits per heavy atom. The number of hydrogen-bond donors (Lipinski definition) is 1. The van der Waals surface area contributed by atoms with Crippen molar-refractivity contribution in [1.29, 1.82) is 0 Å². The zero-order valence-corrected chi connectivity index (χ0v) is 19.2. The smallest absolute Gasteiger partial charge is 0.255 e. The summed E-state index contributed by atoms with van der Waals surface area (Å²) in [6.07, 6.45) is 1.42. The first kappa shape index (κ1) is 23.4.